The molecule has 0 amide bonds. The van der Waals surface area contributed by atoms with Gasteiger partial charge in [0.25, 0.3) is 0 Å². The Morgan fingerprint density at radius 3 is 2.56 bits per heavy atom. The van der Waals surface area contributed by atoms with Gasteiger partial charge in [0.05, 0.1) is 12.2 Å². The quantitative estimate of drug-likeness (QED) is 0.748. The van der Waals surface area contributed by atoms with E-state index in [1.165, 1.54) is 6.08 Å². The normalized spacial score (nSPS) is 27.2. The van der Waals surface area contributed by atoms with E-state index in [1.807, 2.05) is 6.92 Å². The molecule has 1 aliphatic carbocycles. The number of carbonyl (C=O) groups is 1. The lowest BCUT2D eigenvalue weighted by molar-refractivity contribution is -0.157. The predicted octanol–water partition coefficient (Wildman–Crippen LogP) is 2.23. The monoisotopic (exact) mass is 226 g/mol. The molecular formula is C13H22O3. The molecule has 1 saturated carbocycles. The Kier molecular flexibility index (Phi) is 4.69. The highest BCUT2D eigenvalue weighted by Gasteiger charge is 2.33. The largest absolute Gasteiger partial charge is 0.390 e. The van der Waals surface area contributed by atoms with Crippen LogP contribution in [0.1, 0.15) is 46.5 Å². The summed E-state index contributed by atoms with van der Waals surface area (Å²) in [6.07, 6.45) is 6.34. The molecule has 0 aromatic heterocycles. The van der Waals surface area contributed by atoms with Gasteiger partial charge < -0.3 is 9.84 Å². The third-order valence-electron chi connectivity index (χ3n) is 3.03. The third kappa shape index (κ3) is 3.42. The molecule has 2 atom stereocenters. The minimum atomic E-state index is -0.838. The van der Waals surface area contributed by atoms with Crippen molar-refractivity contribution in [1.29, 1.82) is 0 Å². The van der Waals surface area contributed by atoms with E-state index in [1.54, 1.807) is 19.9 Å². The number of rotatable bonds is 4. The summed E-state index contributed by atoms with van der Waals surface area (Å²) in [6.45, 7) is 5.33. The van der Waals surface area contributed by atoms with Gasteiger partial charge in [-0.2, -0.15) is 0 Å². The van der Waals surface area contributed by atoms with Crippen LogP contribution in [0.4, 0.5) is 0 Å². The van der Waals surface area contributed by atoms with Gasteiger partial charge in [0.2, 0.25) is 0 Å². The van der Waals surface area contributed by atoms with E-state index in [-0.39, 0.29) is 11.9 Å². The molecular weight excluding hydrogens is 204 g/mol. The second-order valence-corrected chi connectivity index (χ2v) is 4.88. The molecule has 1 aliphatic rings. The molecule has 3 heteroatoms. The maximum Gasteiger partial charge on any atom is 0.186 e. The van der Waals surface area contributed by atoms with Gasteiger partial charge in [0.15, 0.2) is 5.78 Å². The predicted molar refractivity (Wildman–Crippen MR) is 63.2 cm³/mol. The number of aliphatic hydroxyl groups excluding tert-OH is 1. The fraction of sp³-hybridized carbons (Fsp3) is 0.769. The van der Waals surface area contributed by atoms with E-state index in [0.29, 0.717) is 0 Å². The lowest BCUT2D eigenvalue weighted by Gasteiger charge is -2.34. The van der Waals surface area contributed by atoms with Crippen LogP contribution < -0.4 is 0 Å². The SMILES string of the molecule is CC=CC(=O)C(C)(C)OC1CCCCC1O. The van der Waals surface area contributed by atoms with Crippen LogP contribution in [0.2, 0.25) is 0 Å². The molecule has 0 aromatic carbocycles. The Bertz CT molecular complexity index is 268. The summed E-state index contributed by atoms with van der Waals surface area (Å²) in [6, 6.07) is 0. The van der Waals surface area contributed by atoms with E-state index in [9.17, 15) is 9.90 Å². The summed E-state index contributed by atoms with van der Waals surface area (Å²) in [5, 5.41) is 9.79. The van der Waals surface area contributed by atoms with Crippen molar-refractivity contribution in [3.63, 3.8) is 0 Å². The second-order valence-electron chi connectivity index (χ2n) is 4.88. The maximum absolute atomic E-state index is 11.8. The smallest absolute Gasteiger partial charge is 0.186 e. The molecule has 3 nitrogen and oxygen atoms in total. The maximum atomic E-state index is 11.8. The molecule has 0 spiro atoms. The zero-order valence-corrected chi connectivity index (χ0v) is 10.4. The van der Waals surface area contributed by atoms with Gasteiger partial charge in [0, 0.05) is 0 Å². The van der Waals surface area contributed by atoms with E-state index >= 15 is 0 Å². The average Bonchev–Trinajstić information content (AvgIpc) is 2.21. The molecule has 0 aliphatic heterocycles. The summed E-state index contributed by atoms with van der Waals surface area (Å²) in [5.41, 5.74) is -0.838. The number of hydrogen-bond donors (Lipinski definition) is 1. The molecule has 2 unspecified atom stereocenters. The zero-order chi connectivity index (χ0) is 12.2. The summed E-state index contributed by atoms with van der Waals surface area (Å²) in [5.74, 6) is -0.0484. The fourth-order valence-electron chi connectivity index (χ4n) is 2.00. The topological polar surface area (TPSA) is 46.5 Å². The number of ketones is 1. The number of carbonyl (C=O) groups excluding carboxylic acids is 1. The lowest BCUT2D eigenvalue weighted by Crippen LogP contribution is -2.43. The van der Waals surface area contributed by atoms with E-state index in [2.05, 4.69) is 0 Å². The Morgan fingerprint density at radius 1 is 1.38 bits per heavy atom. The Balaban J connectivity index is 2.60. The van der Waals surface area contributed by atoms with Crippen molar-refractivity contribution in [1.82, 2.24) is 0 Å². The van der Waals surface area contributed by atoms with Crippen LogP contribution in [-0.2, 0) is 9.53 Å². The van der Waals surface area contributed by atoms with Gasteiger partial charge in [-0.05, 0) is 39.7 Å². The van der Waals surface area contributed by atoms with Crippen molar-refractivity contribution in [2.75, 3.05) is 0 Å². The molecule has 0 bridgehead atoms. The van der Waals surface area contributed by atoms with Crippen LogP contribution >= 0.6 is 0 Å². The van der Waals surface area contributed by atoms with E-state index < -0.39 is 11.7 Å². The van der Waals surface area contributed by atoms with Crippen molar-refractivity contribution in [3.8, 4) is 0 Å². The van der Waals surface area contributed by atoms with Crippen molar-refractivity contribution >= 4 is 5.78 Å². The highest BCUT2D eigenvalue weighted by atomic mass is 16.5. The van der Waals surface area contributed by atoms with Crippen molar-refractivity contribution < 1.29 is 14.6 Å². The van der Waals surface area contributed by atoms with Crippen LogP contribution in [0.15, 0.2) is 12.2 Å². The van der Waals surface area contributed by atoms with E-state index in [0.717, 1.165) is 25.7 Å². The number of allylic oxidation sites excluding steroid dienone is 1. The number of ether oxygens (including phenoxy) is 1. The van der Waals surface area contributed by atoms with E-state index in [4.69, 9.17) is 4.74 Å². The number of hydrogen-bond acceptors (Lipinski definition) is 3. The lowest BCUT2D eigenvalue weighted by atomic mass is 9.93. The Labute approximate surface area is 97.5 Å². The van der Waals surface area contributed by atoms with Crippen molar-refractivity contribution in [2.24, 2.45) is 0 Å². The Morgan fingerprint density at radius 2 is 2.00 bits per heavy atom. The minimum Gasteiger partial charge on any atom is -0.390 e. The van der Waals surface area contributed by atoms with Crippen LogP contribution in [0.3, 0.4) is 0 Å². The van der Waals surface area contributed by atoms with Crippen molar-refractivity contribution in [2.45, 2.75) is 64.3 Å². The summed E-state index contributed by atoms with van der Waals surface area (Å²) < 4.78 is 5.75. The molecule has 1 rings (SSSR count). The first-order valence-electron chi connectivity index (χ1n) is 6.00. The summed E-state index contributed by atoms with van der Waals surface area (Å²) >= 11 is 0. The zero-order valence-electron chi connectivity index (χ0n) is 10.4. The van der Waals surface area contributed by atoms with Gasteiger partial charge in [-0.25, -0.2) is 0 Å². The van der Waals surface area contributed by atoms with Crippen LogP contribution in [0, 0.1) is 0 Å². The number of aliphatic hydroxyl groups is 1. The Hall–Kier alpha value is -0.670. The van der Waals surface area contributed by atoms with Gasteiger partial charge in [-0.3, -0.25) is 4.79 Å². The molecule has 0 aromatic rings. The highest BCUT2D eigenvalue weighted by Crippen LogP contribution is 2.26. The molecule has 0 radical (unpaired) electrons. The summed E-state index contributed by atoms with van der Waals surface area (Å²) in [4.78, 5) is 11.8. The highest BCUT2D eigenvalue weighted by molar-refractivity contribution is 5.96. The fourth-order valence-corrected chi connectivity index (χ4v) is 2.00. The molecule has 92 valence electrons. The van der Waals surface area contributed by atoms with Crippen LogP contribution in [0.5, 0.6) is 0 Å². The molecule has 16 heavy (non-hydrogen) atoms. The second kappa shape index (κ2) is 5.60. The third-order valence-corrected chi connectivity index (χ3v) is 3.03. The molecule has 1 fully saturated rings. The van der Waals surface area contributed by atoms with Gasteiger partial charge in [0.1, 0.15) is 5.60 Å². The molecule has 0 saturated heterocycles. The van der Waals surface area contributed by atoms with Gasteiger partial charge in [-0.15, -0.1) is 0 Å². The minimum absolute atomic E-state index is 0.0484. The standard InChI is InChI=1S/C13H22O3/c1-4-7-12(15)13(2,3)16-11-9-6-5-8-10(11)14/h4,7,10-11,14H,5-6,8-9H2,1-3H3. The first-order valence-corrected chi connectivity index (χ1v) is 6.00. The average molecular weight is 226 g/mol. The molecule has 1 N–H and O–H groups in total. The van der Waals surface area contributed by atoms with Crippen LogP contribution in [-0.4, -0.2) is 28.7 Å². The van der Waals surface area contributed by atoms with Crippen LogP contribution in [0.25, 0.3) is 0 Å². The van der Waals surface area contributed by atoms with Gasteiger partial charge in [-0.1, -0.05) is 18.9 Å². The van der Waals surface area contributed by atoms with Gasteiger partial charge >= 0.3 is 0 Å². The van der Waals surface area contributed by atoms with Crippen molar-refractivity contribution in [3.05, 3.63) is 12.2 Å². The molecule has 0 heterocycles. The first-order chi connectivity index (χ1) is 7.47. The first kappa shape index (κ1) is 13.4. The summed E-state index contributed by atoms with van der Waals surface area (Å²) in [7, 11) is 0.